The zero-order chi connectivity index (χ0) is 12.0. The minimum atomic E-state index is 0.0824. The van der Waals surface area contributed by atoms with Gasteiger partial charge in [-0.2, -0.15) is 4.37 Å². The summed E-state index contributed by atoms with van der Waals surface area (Å²) >= 11 is 1.35. The fourth-order valence-corrected chi connectivity index (χ4v) is 2.61. The van der Waals surface area contributed by atoms with Crippen LogP contribution >= 0.6 is 11.5 Å². The fourth-order valence-electron chi connectivity index (χ4n) is 1.95. The summed E-state index contributed by atoms with van der Waals surface area (Å²) < 4.78 is 6.25. The Morgan fingerprint density at radius 1 is 1.35 bits per heavy atom. The van der Waals surface area contributed by atoms with E-state index in [2.05, 4.69) is 24.1 Å². The van der Waals surface area contributed by atoms with E-state index in [-0.39, 0.29) is 6.04 Å². The Balaban J connectivity index is 2.07. The molecule has 0 unspecified atom stereocenters. The van der Waals surface area contributed by atoms with Gasteiger partial charge in [0, 0.05) is 13.1 Å². The average molecular weight is 251 g/mol. The quantitative estimate of drug-likeness (QED) is 0.736. The molecule has 8 heteroatoms. The van der Waals surface area contributed by atoms with Crippen molar-refractivity contribution in [1.29, 1.82) is 0 Å². The van der Waals surface area contributed by atoms with Crippen molar-refractivity contribution >= 4 is 11.5 Å². The summed E-state index contributed by atoms with van der Waals surface area (Å²) in [6.07, 6.45) is 0. The number of fused-ring (bicyclic) bond motifs is 1. The molecule has 0 radical (unpaired) electrons. The zero-order valence-corrected chi connectivity index (χ0v) is 10.5. The van der Waals surface area contributed by atoms with E-state index in [0.717, 1.165) is 35.6 Å². The lowest BCUT2D eigenvalue weighted by Gasteiger charge is -2.29. The van der Waals surface area contributed by atoms with Crippen molar-refractivity contribution in [3.8, 4) is 10.8 Å². The zero-order valence-electron chi connectivity index (χ0n) is 9.66. The predicted octanol–water partition coefficient (Wildman–Crippen LogP) is 0.355. The van der Waals surface area contributed by atoms with Crippen LogP contribution in [-0.2, 0) is 6.54 Å². The molecule has 0 bridgehead atoms. The van der Waals surface area contributed by atoms with Crippen molar-refractivity contribution < 1.29 is 0 Å². The van der Waals surface area contributed by atoms with Crippen LogP contribution in [0.3, 0.4) is 0 Å². The number of nitrogens with two attached hydrogens (primary N) is 1. The fraction of sp³-hybridized carbons (Fsp3) is 0.556. The minimum Gasteiger partial charge on any atom is -0.306 e. The standard InChI is InChI=1S/C9H13N7S/c1-5-7-12-13-8(9-11-6(2)14-17-9)15(7)3-4-16(5)10/h5H,3-4,10H2,1-2H3/t5-/m0/s1. The molecule has 1 aliphatic heterocycles. The number of hydrogen-bond donors (Lipinski definition) is 1. The van der Waals surface area contributed by atoms with Crippen LogP contribution in [-0.4, -0.2) is 35.7 Å². The Morgan fingerprint density at radius 2 is 2.18 bits per heavy atom. The third-order valence-corrected chi connectivity index (χ3v) is 3.75. The van der Waals surface area contributed by atoms with Crippen LogP contribution in [0.5, 0.6) is 0 Å². The van der Waals surface area contributed by atoms with Gasteiger partial charge in [-0.25, -0.2) is 9.99 Å². The van der Waals surface area contributed by atoms with E-state index in [4.69, 9.17) is 5.84 Å². The van der Waals surface area contributed by atoms with Crippen molar-refractivity contribution in [1.82, 2.24) is 29.1 Å². The van der Waals surface area contributed by atoms with Gasteiger partial charge in [-0.05, 0) is 25.4 Å². The van der Waals surface area contributed by atoms with Gasteiger partial charge in [0.2, 0.25) is 0 Å². The van der Waals surface area contributed by atoms with E-state index >= 15 is 0 Å². The molecule has 0 saturated carbocycles. The first kappa shape index (κ1) is 10.8. The van der Waals surface area contributed by atoms with Crippen LogP contribution in [0.1, 0.15) is 24.6 Å². The number of hydrazine groups is 1. The summed E-state index contributed by atoms with van der Waals surface area (Å²) in [5, 5.41) is 11.0. The summed E-state index contributed by atoms with van der Waals surface area (Å²) in [6, 6.07) is 0.0824. The molecule has 0 spiro atoms. The van der Waals surface area contributed by atoms with Gasteiger partial charge in [-0.1, -0.05) is 0 Å². The molecule has 1 aliphatic rings. The van der Waals surface area contributed by atoms with E-state index in [1.54, 1.807) is 5.01 Å². The first-order chi connectivity index (χ1) is 8.16. The van der Waals surface area contributed by atoms with Crippen molar-refractivity contribution in [2.75, 3.05) is 6.54 Å². The van der Waals surface area contributed by atoms with E-state index < -0.39 is 0 Å². The first-order valence-corrected chi connectivity index (χ1v) is 6.19. The highest BCUT2D eigenvalue weighted by molar-refractivity contribution is 7.09. The summed E-state index contributed by atoms with van der Waals surface area (Å²) in [5.74, 6) is 8.33. The average Bonchev–Trinajstić information content (AvgIpc) is 2.89. The maximum absolute atomic E-state index is 5.87. The molecule has 0 fully saturated rings. The van der Waals surface area contributed by atoms with Crippen LogP contribution in [0.25, 0.3) is 10.8 Å². The van der Waals surface area contributed by atoms with Crippen LogP contribution < -0.4 is 5.84 Å². The summed E-state index contributed by atoms with van der Waals surface area (Å²) in [6.45, 7) is 5.47. The Hall–Kier alpha value is -1.38. The van der Waals surface area contributed by atoms with Crippen molar-refractivity contribution in [2.24, 2.45) is 5.84 Å². The van der Waals surface area contributed by atoms with Crippen LogP contribution in [0.4, 0.5) is 0 Å². The molecule has 3 heterocycles. The Bertz CT molecular complexity index is 545. The molecule has 0 aromatic carbocycles. The van der Waals surface area contributed by atoms with Gasteiger partial charge in [-0.15, -0.1) is 10.2 Å². The van der Waals surface area contributed by atoms with E-state index in [1.807, 2.05) is 13.8 Å². The normalized spacial score (nSPS) is 20.5. The summed E-state index contributed by atoms with van der Waals surface area (Å²) in [4.78, 5) is 4.34. The third-order valence-electron chi connectivity index (χ3n) is 2.95. The van der Waals surface area contributed by atoms with Gasteiger partial charge in [0.25, 0.3) is 0 Å². The number of aromatic nitrogens is 5. The molecular weight excluding hydrogens is 238 g/mol. The Kier molecular flexibility index (Phi) is 2.42. The predicted molar refractivity (Wildman–Crippen MR) is 63.0 cm³/mol. The molecule has 3 rings (SSSR count). The van der Waals surface area contributed by atoms with Crippen molar-refractivity contribution in [3.05, 3.63) is 11.6 Å². The lowest BCUT2D eigenvalue weighted by atomic mass is 10.2. The molecule has 2 aromatic heterocycles. The highest BCUT2D eigenvalue weighted by Gasteiger charge is 2.27. The molecule has 7 nitrogen and oxygen atoms in total. The second kappa shape index (κ2) is 3.83. The lowest BCUT2D eigenvalue weighted by Crippen LogP contribution is -2.41. The van der Waals surface area contributed by atoms with Gasteiger partial charge in [0.05, 0.1) is 6.04 Å². The topological polar surface area (TPSA) is 85.8 Å². The molecular formula is C9H13N7S. The number of aryl methyl sites for hydroxylation is 1. The van der Waals surface area contributed by atoms with Gasteiger partial charge in [-0.3, -0.25) is 5.84 Å². The molecule has 1 atom stereocenters. The van der Waals surface area contributed by atoms with Crippen LogP contribution in [0.2, 0.25) is 0 Å². The van der Waals surface area contributed by atoms with Crippen molar-refractivity contribution in [2.45, 2.75) is 26.4 Å². The molecule has 2 N–H and O–H groups in total. The molecule has 0 aliphatic carbocycles. The largest absolute Gasteiger partial charge is 0.306 e. The highest BCUT2D eigenvalue weighted by Crippen LogP contribution is 2.27. The van der Waals surface area contributed by atoms with Gasteiger partial charge in [0.15, 0.2) is 16.7 Å². The van der Waals surface area contributed by atoms with Crippen molar-refractivity contribution in [3.63, 3.8) is 0 Å². The minimum absolute atomic E-state index is 0.0824. The number of rotatable bonds is 1. The van der Waals surface area contributed by atoms with Crippen LogP contribution in [0, 0.1) is 6.92 Å². The summed E-state index contributed by atoms with van der Waals surface area (Å²) in [7, 11) is 0. The lowest BCUT2D eigenvalue weighted by molar-refractivity contribution is 0.168. The third kappa shape index (κ3) is 1.65. The first-order valence-electron chi connectivity index (χ1n) is 5.42. The van der Waals surface area contributed by atoms with E-state index in [0.29, 0.717) is 0 Å². The second-order valence-electron chi connectivity index (χ2n) is 4.09. The van der Waals surface area contributed by atoms with Crippen LogP contribution in [0.15, 0.2) is 0 Å². The SMILES string of the molecule is Cc1nsc(-c2nnc3n2CCN(N)[C@H]3C)n1. The Labute approximate surface area is 102 Å². The molecule has 2 aromatic rings. The maximum Gasteiger partial charge on any atom is 0.194 e. The second-order valence-corrected chi connectivity index (χ2v) is 4.85. The van der Waals surface area contributed by atoms with E-state index in [1.165, 1.54) is 11.5 Å². The monoisotopic (exact) mass is 251 g/mol. The van der Waals surface area contributed by atoms with E-state index in [9.17, 15) is 0 Å². The molecule has 90 valence electrons. The highest BCUT2D eigenvalue weighted by atomic mass is 32.1. The van der Waals surface area contributed by atoms with Gasteiger partial charge >= 0.3 is 0 Å². The van der Waals surface area contributed by atoms with Gasteiger partial charge in [0.1, 0.15) is 5.82 Å². The number of nitrogens with zero attached hydrogens (tertiary/aromatic N) is 6. The number of hydrogen-bond acceptors (Lipinski definition) is 7. The molecule has 17 heavy (non-hydrogen) atoms. The maximum atomic E-state index is 5.87. The van der Waals surface area contributed by atoms with Gasteiger partial charge < -0.3 is 4.57 Å². The molecule has 0 amide bonds. The smallest absolute Gasteiger partial charge is 0.194 e. The Morgan fingerprint density at radius 3 is 2.88 bits per heavy atom. The summed E-state index contributed by atoms with van der Waals surface area (Å²) in [5.41, 5.74) is 0. The molecule has 0 saturated heterocycles.